The van der Waals surface area contributed by atoms with Crippen LogP contribution in [0.1, 0.15) is 29.7 Å². The summed E-state index contributed by atoms with van der Waals surface area (Å²) in [4.78, 5) is 8.63. The largest absolute Gasteiger partial charge is 0.477 e. The van der Waals surface area contributed by atoms with E-state index in [1.807, 2.05) is 24.3 Å². The second-order valence-electron chi connectivity index (χ2n) is 5.11. The summed E-state index contributed by atoms with van der Waals surface area (Å²) >= 11 is 0. The van der Waals surface area contributed by atoms with Crippen molar-refractivity contribution < 1.29 is 4.74 Å². The minimum atomic E-state index is 0.595. The molecule has 1 heterocycles. The highest BCUT2D eigenvalue weighted by Crippen LogP contribution is 2.26. The van der Waals surface area contributed by atoms with E-state index in [0.717, 1.165) is 42.1 Å². The van der Waals surface area contributed by atoms with Gasteiger partial charge in [0.2, 0.25) is 5.88 Å². The van der Waals surface area contributed by atoms with Gasteiger partial charge in [0.25, 0.3) is 0 Å². The quantitative estimate of drug-likeness (QED) is 0.867. The molecule has 2 aromatic rings. The number of fused-ring (bicyclic) bond motifs is 1. The summed E-state index contributed by atoms with van der Waals surface area (Å²) in [6.07, 6.45) is 6.88. The fraction of sp³-hybridized carbons (Fsp3) is 0.375. The third-order valence-electron chi connectivity index (χ3n) is 3.75. The van der Waals surface area contributed by atoms with Gasteiger partial charge in [0, 0.05) is 17.7 Å². The number of benzene rings is 1. The molecule has 0 amide bonds. The molecule has 0 bridgehead atoms. The fourth-order valence-electron chi connectivity index (χ4n) is 2.64. The first-order valence-corrected chi connectivity index (χ1v) is 7.13. The first-order valence-electron chi connectivity index (χ1n) is 7.13. The van der Waals surface area contributed by atoms with Crippen molar-refractivity contribution >= 4 is 5.69 Å². The van der Waals surface area contributed by atoms with Crippen LogP contribution < -0.4 is 10.5 Å². The van der Waals surface area contributed by atoms with Gasteiger partial charge in [-0.15, -0.1) is 0 Å². The van der Waals surface area contributed by atoms with Crippen molar-refractivity contribution in [2.24, 2.45) is 0 Å². The summed E-state index contributed by atoms with van der Waals surface area (Å²) in [7, 11) is 0. The van der Waals surface area contributed by atoms with Gasteiger partial charge in [-0.3, -0.25) is 0 Å². The molecule has 104 valence electrons. The van der Waals surface area contributed by atoms with Crippen molar-refractivity contribution in [3.8, 4) is 5.88 Å². The monoisotopic (exact) mass is 269 g/mol. The van der Waals surface area contributed by atoms with Crippen LogP contribution in [-0.2, 0) is 19.3 Å². The van der Waals surface area contributed by atoms with Crippen LogP contribution in [-0.4, -0.2) is 16.6 Å². The van der Waals surface area contributed by atoms with Gasteiger partial charge in [-0.1, -0.05) is 18.2 Å². The van der Waals surface area contributed by atoms with Crippen molar-refractivity contribution in [2.75, 3.05) is 12.3 Å². The second kappa shape index (κ2) is 5.90. The predicted molar refractivity (Wildman–Crippen MR) is 78.7 cm³/mol. The van der Waals surface area contributed by atoms with E-state index in [9.17, 15) is 0 Å². The van der Waals surface area contributed by atoms with E-state index in [1.165, 1.54) is 18.4 Å². The minimum absolute atomic E-state index is 0.595. The number of ether oxygens (including phenoxy) is 1. The van der Waals surface area contributed by atoms with Crippen LogP contribution in [0.25, 0.3) is 0 Å². The molecule has 4 nitrogen and oxygen atoms in total. The maximum absolute atomic E-state index is 5.93. The van der Waals surface area contributed by atoms with E-state index in [-0.39, 0.29) is 0 Å². The van der Waals surface area contributed by atoms with Gasteiger partial charge in [0.15, 0.2) is 0 Å². The Balaban J connectivity index is 1.66. The van der Waals surface area contributed by atoms with Crippen LogP contribution in [0.5, 0.6) is 5.88 Å². The molecule has 0 saturated carbocycles. The lowest BCUT2D eigenvalue weighted by Gasteiger charge is -2.17. The van der Waals surface area contributed by atoms with Gasteiger partial charge in [0.1, 0.15) is 6.33 Å². The Morgan fingerprint density at radius 3 is 2.85 bits per heavy atom. The molecule has 0 atom stereocenters. The number of hydrogen-bond acceptors (Lipinski definition) is 4. The highest BCUT2D eigenvalue weighted by atomic mass is 16.5. The van der Waals surface area contributed by atoms with Crippen molar-refractivity contribution in [1.82, 2.24) is 9.97 Å². The maximum atomic E-state index is 5.93. The number of hydrogen-bond donors (Lipinski definition) is 1. The lowest BCUT2D eigenvalue weighted by atomic mass is 9.97. The second-order valence-corrected chi connectivity index (χ2v) is 5.11. The first-order chi connectivity index (χ1) is 9.84. The van der Waals surface area contributed by atoms with Gasteiger partial charge in [0.05, 0.1) is 12.3 Å². The number of para-hydroxylation sites is 1. The standard InChI is InChI=1S/C16H19N3O/c17-14-7-3-1-5-12(14)9-10-20-16-13-6-2-4-8-15(13)18-11-19-16/h1,3,5,7,11H,2,4,6,8-10,17H2. The molecule has 4 heteroatoms. The molecule has 0 aliphatic heterocycles. The normalized spacial score (nSPS) is 13.8. The molecular weight excluding hydrogens is 250 g/mol. The Morgan fingerprint density at radius 1 is 1.10 bits per heavy atom. The Hall–Kier alpha value is -2.10. The van der Waals surface area contributed by atoms with E-state index >= 15 is 0 Å². The fourth-order valence-corrected chi connectivity index (χ4v) is 2.64. The number of anilines is 1. The van der Waals surface area contributed by atoms with Crippen LogP contribution in [0.4, 0.5) is 5.69 Å². The average Bonchev–Trinajstić information content (AvgIpc) is 2.49. The van der Waals surface area contributed by atoms with Crippen LogP contribution >= 0.6 is 0 Å². The van der Waals surface area contributed by atoms with E-state index in [0.29, 0.717) is 6.61 Å². The van der Waals surface area contributed by atoms with Gasteiger partial charge >= 0.3 is 0 Å². The number of nitrogens with zero attached hydrogens (tertiary/aromatic N) is 2. The van der Waals surface area contributed by atoms with E-state index in [4.69, 9.17) is 10.5 Å². The summed E-state index contributed by atoms with van der Waals surface area (Å²) in [5.41, 5.74) is 10.2. The first kappa shape index (κ1) is 12.9. The SMILES string of the molecule is Nc1ccccc1CCOc1ncnc2c1CCCC2. The summed E-state index contributed by atoms with van der Waals surface area (Å²) in [6.45, 7) is 0.595. The lowest BCUT2D eigenvalue weighted by Crippen LogP contribution is -2.11. The number of nitrogens with two attached hydrogens (primary N) is 1. The number of aromatic nitrogens is 2. The molecular formula is C16H19N3O. The Kier molecular flexibility index (Phi) is 3.81. The van der Waals surface area contributed by atoms with Gasteiger partial charge in [-0.25, -0.2) is 9.97 Å². The molecule has 3 rings (SSSR count). The van der Waals surface area contributed by atoms with Gasteiger partial charge < -0.3 is 10.5 Å². The van der Waals surface area contributed by atoms with Crippen molar-refractivity contribution in [3.05, 3.63) is 47.4 Å². The zero-order valence-corrected chi connectivity index (χ0v) is 11.5. The molecule has 1 aliphatic rings. The smallest absolute Gasteiger partial charge is 0.219 e. The Bertz CT molecular complexity index is 598. The van der Waals surface area contributed by atoms with Crippen LogP contribution in [0, 0.1) is 0 Å². The molecule has 20 heavy (non-hydrogen) atoms. The van der Waals surface area contributed by atoms with Gasteiger partial charge in [-0.05, 0) is 37.3 Å². The number of aryl methyl sites for hydroxylation is 1. The summed E-state index contributed by atoms with van der Waals surface area (Å²) in [6, 6.07) is 7.90. The van der Waals surface area contributed by atoms with Crippen LogP contribution in [0.3, 0.4) is 0 Å². The zero-order valence-electron chi connectivity index (χ0n) is 11.5. The average molecular weight is 269 g/mol. The van der Waals surface area contributed by atoms with Crippen molar-refractivity contribution in [3.63, 3.8) is 0 Å². The van der Waals surface area contributed by atoms with E-state index in [1.54, 1.807) is 6.33 Å². The summed E-state index contributed by atoms with van der Waals surface area (Å²) < 4.78 is 5.86. The predicted octanol–water partition coefficient (Wildman–Crippen LogP) is 2.56. The van der Waals surface area contributed by atoms with Crippen LogP contribution in [0.2, 0.25) is 0 Å². The Morgan fingerprint density at radius 2 is 1.95 bits per heavy atom. The summed E-state index contributed by atoms with van der Waals surface area (Å²) in [5.74, 6) is 0.754. The third-order valence-corrected chi connectivity index (χ3v) is 3.75. The number of nitrogen functional groups attached to an aromatic ring is 1. The highest BCUT2D eigenvalue weighted by Gasteiger charge is 2.16. The number of rotatable bonds is 4. The molecule has 0 spiro atoms. The topological polar surface area (TPSA) is 61.0 Å². The molecule has 1 aromatic heterocycles. The maximum Gasteiger partial charge on any atom is 0.219 e. The molecule has 0 saturated heterocycles. The highest BCUT2D eigenvalue weighted by molar-refractivity contribution is 5.46. The van der Waals surface area contributed by atoms with E-state index < -0.39 is 0 Å². The summed E-state index contributed by atoms with van der Waals surface area (Å²) in [5, 5.41) is 0. The minimum Gasteiger partial charge on any atom is -0.477 e. The zero-order chi connectivity index (χ0) is 13.8. The molecule has 1 aliphatic carbocycles. The van der Waals surface area contributed by atoms with Gasteiger partial charge in [-0.2, -0.15) is 0 Å². The molecule has 0 unspecified atom stereocenters. The van der Waals surface area contributed by atoms with Crippen LogP contribution in [0.15, 0.2) is 30.6 Å². The molecule has 1 aromatic carbocycles. The molecule has 0 radical (unpaired) electrons. The van der Waals surface area contributed by atoms with Crippen molar-refractivity contribution in [2.45, 2.75) is 32.1 Å². The van der Waals surface area contributed by atoms with Crippen molar-refractivity contribution in [1.29, 1.82) is 0 Å². The Labute approximate surface area is 119 Å². The molecule has 0 fully saturated rings. The molecule has 2 N–H and O–H groups in total. The lowest BCUT2D eigenvalue weighted by molar-refractivity contribution is 0.303. The third kappa shape index (κ3) is 2.74. The van der Waals surface area contributed by atoms with E-state index in [2.05, 4.69) is 9.97 Å².